The van der Waals surface area contributed by atoms with Crippen LogP contribution in [0.15, 0.2) is 30.3 Å². The Hall–Kier alpha value is -1.88. The summed E-state index contributed by atoms with van der Waals surface area (Å²) in [7, 11) is 0. The first-order valence-electron chi connectivity index (χ1n) is 7.60. The summed E-state index contributed by atoms with van der Waals surface area (Å²) in [5.74, 6) is -1.27. The van der Waals surface area contributed by atoms with Crippen molar-refractivity contribution >= 4 is 11.9 Å². The molecule has 0 heterocycles. The fourth-order valence-corrected chi connectivity index (χ4v) is 1.99. The van der Waals surface area contributed by atoms with Gasteiger partial charge in [-0.15, -0.1) is 0 Å². The molecule has 0 aliphatic heterocycles. The van der Waals surface area contributed by atoms with Crippen LogP contribution in [0.3, 0.4) is 0 Å². The molecule has 0 fully saturated rings. The average Bonchev–Trinajstić information content (AvgIpc) is 2.53. The van der Waals surface area contributed by atoms with E-state index in [9.17, 15) is 14.7 Å². The SMILES string of the molecule is CCCCOC(C)C(=O)NCC(C)(C(=O)O)c1ccccc1. The Kier molecular flexibility index (Phi) is 7.05. The Morgan fingerprint density at radius 1 is 1.32 bits per heavy atom. The van der Waals surface area contributed by atoms with Crippen LogP contribution in [0.25, 0.3) is 0 Å². The van der Waals surface area contributed by atoms with Gasteiger partial charge < -0.3 is 15.2 Å². The largest absolute Gasteiger partial charge is 0.481 e. The number of aliphatic carboxylic acids is 1. The van der Waals surface area contributed by atoms with Crippen LogP contribution < -0.4 is 5.32 Å². The summed E-state index contributed by atoms with van der Waals surface area (Å²) in [4.78, 5) is 23.6. The predicted octanol–water partition coefficient (Wildman–Crippen LogP) is 2.35. The van der Waals surface area contributed by atoms with E-state index in [4.69, 9.17) is 4.74 Å². The second-order valence-electron chi connectivity index (χ2n) is 5.59. The van der Waals surface area contributed by atoms with Crippen molar-refractivity contribution in [3.63, 3.8) is 0 Å². The van der Waals surface area contributed by atoms with Crippen molar-refractivity contribution in [1.29, 1.82) is 0 Å². The molecule has 0 bridgehead atoms. The molecule has 2 unspecified atom stereocenters. The van der Waals surface area contributed by atoms with E-state index in [0.717, 1.165) is 12.8 Å². The molecule has 122 valence electrons. The Bertz CT molecular complexity index is 489. The lowest BCUT2D eigenvalue weighted by Crippen LogP contribution is -2.47. The molecule has 0 aliphatic rings. The summed E-state index contributed by atoms with van der Waals surface area (Å²) in [6, 6.07) is 8.90. The molecule has 1 aromatic carbocycles. The molecular weight excluding hydrogens is 282 g/mol. The molecule has 2 N–H and O–H groups in total. The van der Waals surface area contributed by atoms with Gasteiger partial charge in [0.15, 0.2) is 0 Å². The van der Waals surface area contributed by atoms with Crippen molar-refractivity contribution in [1.82, 2.24) is 5.32 Å². The van der Waals surface area contributed by atoms with Crippen molar-refractivity contribution in [3.05, 3.63) is 35.9 Å². The number of ether oxygens (including phenoxy) is 1. The van der Waals surface area contributed by atoms with Gasteiger partial charge in [0.05, 0.1) is 0 Å². The number of carbonyl (C=O) groups excluding carboxylic acids is 1. The standard InChI is InChI=1S/C17H25NO4/c1-4-5-11-22-13(2)15(19)18-12-17(3,16(20)21)14-9-7-6-8-10-14/h6-10,13H,4-5,11-12H2,1-3H3,(H,18,19)(H,20,21). The minimum atomic E-state index is -1.17. The van der Waals surface area contributed by atoms with E-state index in [2.05, 4.69) is 5.32 Å². The lowest BCUT2D eigenvalue weighted by Gasteiger charge is -2.26. The van der Waals surface area contributed by atoms with E-state index in [1.807, 2.05) is 13.0 Å². The van der Waals surface area contributed by atoms with Gasteiger partial charge >= 0.3 is 5.97 Å². The van der Waals surface area contributed by atoms with Crippen LogP contribution in [-0.4, -0.2) is 36.2 Å². The molecule has 0 radical (unpaired) electrons. The lowest BCUT2D eigenvalue weighted by atomic mass is 9.82. The minimum absolute atomic E-state index is 0.0205. The summed E-state index contributed by atoms with van der Waals surface area (Å²) in [5.41, 5.74) is -0.512. The van der Waals surface area contributed by atoms with E-state index in [-0.39, 0.29) is 12.5 Å². The summed E-state index contributed by atoms with van der Waals surface area (Å²) in [6.45, 7) is 5.87. The van der Waals surface area contributed by atoms with Crippen molar-refractivity contribution in [3.8, 4) is 0 Å². The van der Waals surface area contributed by atoms with Gasteiger partial charge in [0.2, 0.25) is 5.91 Å². The highest BCUT2D eigenvalue weighted by Crippen LogP contribution is 2.23. The van der Waals surface area contributed by atoms with Crippen molar-refractivity contribution in [2.24, 2.45) is 0 Å². The van der Waals surface area contributed by atoms with Crippen molar-refractivity contribution in [2.75, 3.05) is 13.2 Å². The van der Waals surface area contributed by atoms with Crippen LogP contribution in [0.2, 0.25) is 0 Å². The average molecular weight is 307 g/mol. The van der Waals surface area contributed by atoms with Crippen LogP contribution in [0.4, 0.5) is 0 Å². The van der Waals surface area contributed by atoms with E-state index in [0.29, 0.717) is 12.2 Å². The van der Waals surface area contributed by atoms with Crippen molar-refractivity contribution in [2.45, 2.75) is 45.1 Å². The number of amides is 1. The number of nitrogens with one attached hydrogen (secondary N) is 1. The minimum Gasteiger partial charge on any atom is -0.481 e. The topological polar surface area (TPSA) is 75.6 Å². The summed E-state index contributed by atoms with van der Waals surface area (Å²) >= 11 is 0. The molecule has 0 saturated carbocycles. The summed E-state index contributed by atoms with van der Waals surface area (Å²) < 4.78 is 5.42. The number of rotatable bonds is 9. The maximum atomic E-state index is 12.0. The molecule has 5 nitrogen and oxygen atoms in total. The smallest absolute Gasteiger partial charge is 0.315 e. The molecule has 1 aromatic rings. The Morgan fingerprint density at radius 3 is 2.50 bits per heavy atom. The molecule has 0 aromatic heterocycles. The fraction of sp³-hybridized carbons (Fsp3) is 0.529. The number of hydrogen-bond acceptors (Lipinski definition) is 3. The normalized spacial score (nSPS) is 14.9. The molecule has 0 spiro atoms. The second-order valence-corrected chi connectivity index (χ2v) is 5.59. The molecule has 1 amide bonds. The Morgan fingerprint density at radius 2 is 1.95 bits per heavy atom. The molecule has 2 atom stereocenters. The first kappa shape index (κ1) is 18.2. The van der Waals surface area contributed by atoms with Gasteiger partial charge in [-0.05, 0) is 25.8 Å². The molecule has 0 aliphatic carbocycles. The van der Waals surface area contributed by atoms with Gasteiger partial charge in [-0.25, -0.2) is 0 Å². The Labute approximate surface area is 131 Å². The fourth-order valence-electron chi connectivity index (χ4n) is 1.99. The number of hydrogen-bond donors (Lipinski definition) is 2. The highest BCUT2D eigenvalue weighted by molar-refractivity contribution is 5.84. The zero-order chi connectivity index (χ0) is 16.6. The number of carboxylic acids is 1. The third-order valence-corrected chi connectivity index (χ3v) is 3.73. The number of carboxylic acid groups (broad SMARTS) is 1. The zero-order valence-electron chi connectivity index (χ0n) is 13.5. The number of benzene rings is 1. The first-order valence-corrected chi connectivity index (χ1v) is 7.60. The van der Waals surface area contributed by atoms with Gasteiger partial charge in [-0.3, -0.25) is 9.59 Å². The quantitative estimate of drug-likeness (QED) is 0.687. The molecule has 5 heteroatoms. The van der Waals surface area contributed by atoms with Gasteiger partial charge in [-0.1, -0.05) is 43.7 Å². The summed E-state index contributed by atoms with van der Waals surface area (Å²) in [6.07, 6.45) is 1.31. The summed E-state index contributed by atoms with van der Waals surface area (Å²) in [5, 5.41) is 12.2. The third-order valence-electron chi connectivity index (χ3n) is 3.73. The highest BCUT2D eigenvalue weighted by Gasteiger charge is 2.35. The number of carbonyl (C=O) groups is 2. The van der Waals surface area contributed by atoms with Gasteiger partial charge in [0.25, 0.3) is 0 Å². The van der Waals surface area contributed by atoms with Crippen LogP contribution in [0.5, 0.6) is 0 Å². The first-order chi connectivity index (χ1) is 10.4. The van der Waals surface area contributed by atoms with Crippen LogP contribution in [0.1, 0.15) is 39.2 Å². The van der Waals surface area contributed by atoms with E-state index in [1.165, 1.54) is 0 Å². The van der Waals surface area contributed by atoms with Gasteiger partial charge in [0, 0.05) is 13.2 Å². The van der Waals surface area contributed by atoms with Crippen LogP contribution >= 0.6 is 0 Å². The molecular formula is C17H25NO4. The monoisotopic (exact) mass is 307 g/mol. The number of unbranched alkanes of at least 4 members (excludes halogenated alkanes) is 1. The van der Waals surface area contributed by atoms with Crippen LogP contribution in [-0.2, 0) is 19.7 Å². The maximum absolute atomic E-state index is 12.0. The molecule has 22 heavy (non-hydrogen) atoms. The third kappa shape index (κ3) is 4.84. The predicted molar refractivity (Wildman–Crippen MR) is 84.8 cm³/mol. The van der Waals surface area contributed by atoms with E-state index >= 15 is 0 Å². The van der Waals surface area contributed by atoms with E-state index < -0.39 is 17.5 Å². The molecule has 1 rings (SSSR count). The Balaban J connectivity index is 2.66. The zero-order valence-corrected chi connectivity index (χ0v) is 13.5. The van der Waals surface area contributed by atoms with Crippen molar-refractivity contribution < 1.29 is 19.4 Å². The molecule has 0 saturated heterocycles. The van der Waals surface area contributed by atoms with Gasteiger partial charge in [0.1, 0.15) is 11.5 Å². The van der Waals surface area contributed by atoms with Crippen LogP contribution in [0, 0.1) is 0 Å². The highest BCUT2D eigenvalue weighted by atomic mass is 16.5. The second kappa shape index (κ2) is 8.54. The van der Waals surface area contributed by atoms with E-state index in [1.54, 1.807) is 38.1 Å². The maximum Gasteiger partial charge on any atom is 0.315 e. The lowest BCUT2D eigenvalue weighted by molar-refractivity contribution is -0.143. The van der Waals surface area contributed by atoms with Gasteiger partial charge in [-0.2, -0.15) is 0 Å².